The van der Waals surface area contributed by atoms with E-state index in [4.69, 9.17) is 0 Å². The van der Waals surface area contributed by atoms with Gasteiger partial charge in [0.1, 0.15) is 0 Å². The minimum Gasteiger partial charge on any atom is -0.310 e. The lowest BCUT2D eigenvalue weighted by Gasteiger charge is -2.25. The van der Waals surface area contributed by atoms with E-state index in [2.05, 4.69) is 37.4 Å². The van der Waals surface area contributed by atoms with Crippen molar-refractivity contribution < 1.29 is 0 Å². The Morgan fingerprint density at radius 1 is 1.20 bits per heavy atom. The van der Waals surface area contributed by atoms with Crippen molar-refractivity contribution in [2.24, 2.45) is 0 Å². The molecule has 0 spiro atoms. The fraction of sp³-hybridized carbons (Fsp3) is 0.538. The summed E-state index contributed by atoms with van der Waals surface area (Å²) >= 11 is 0. The van der Waals surface area contributed by atoms with E-state index in [9.17, 15) is 0 Å². The van der Waals surface area contributed by atoms with Gasteiger partial charge in [0, 0.05) is 6.04 Å². The molecule has 1 fully saturated rings. The molecule has 1 aromatic carbocycles. The Balaban J connectivity index is 0.00000112. The Labute approximate surface area is 98.7 Å². The summed E-state index contributed by atoms with van der Waals surface area (Å²) in [6.07, 6.45) is 4.00. The highest BCUT2D eigenvalue weighted by Gasteiger charge is 2.15. The molecule has 1 heterocycles. The lowest BCUT2D eigenvalue weighted by Crippen LogP contribution is -2.27. The number of nitrogens with one attached hydrogen (secondary N) is 1. The average molecular weight is 226 g/mol. The van der Waals surface area contributed by atoms with Gasteiger partial charge in [0.2, 0.25) is 0 Å². The van der Waals surface area contributed by atoms with Crippen molar-refractivity contribution >= 4 is 12.4 Å². The molecular formula is C13H20ClN. The van der Waals surface area contributed by atoms with Gasteiger partial charge in [0.15, 0.2) is 0 Å². The van der Waals surface area contributed by atoms with Crippen molar-refractivity contribution in [1.82, 2.24) is 5.32 Å². The zero-order chi connectivity index (χ0) is 9.97. The number of benzene rings is 1. The van der Waals surface area contributed by atoms with Gasteiger partial charge in [-0.3, -0.25) is 0 Å². The van der Waals surface area contributed by atoms with Gasteiger partial charge in [-0.05, 0) is 44.4 Å². The third-order valence-electron chi connectivity index (χ3n) is 3.11. The van der Waals surface area contributed by atoms with Gasteiger partial charge in [0.25, 0.3) is 0 Å². The minimum atomic E-state index is 0. The van der Waals surface area contributed by atoms with Crippen LogP contribution in [-0.2, 0) is 0 Å². The maximum Gasteiger partial charge on any atom is 0.0322 e. The molecule has 0 radical (unpaired) electrons. The van der Waals surface area contributed by atoms with Gasteiger partial charge >= 0.3 is 0 Å². The summed E-state index contributed by atoms with van der Waals surface area (Å²) in [7, 11) is 0. The molecule has 1 saturated heterocycles. The van der Waals surface area contributed by atoms with E-state index in [-0.39, 0.29) is 12.4 Å². The highest BCUT2D eigenvalue weighted by molar-refractivity contribution is 5.85. The van der Waals surface area contributed by atoms with Crippen molar-refractivity contribution in [3.8, 4) is 0 Å². The van der Waals surface area contributed by atoms with Crippen molar-refractivity contribution in [1.29, 1.82) is 0 Å². The lowest BCUT2D eigenvalue weighted by molar-refractivity contribution is 0.411. The fourth-order valence-electron chi connectivity index (χ4n) is 2.33. The molecule has 0 amide bonds. The van der Waals surface area contributed by atoms with Crippen molar-refractivity contribution in [3.05, 3.63) is 34.9 Å². The van der Waals surface area contributed by atoms with E-state index in [0.717, 1.165) is 0 Å². The van der Waals surface area contributed by atoms with Gasteiger partial charge in [-0.25, -0.2) is 0 Å². The van der Waals surface area contributed by atoms with E-state index < -0.39 is 0 Å². The van der Waals surface area contributed by atoms with Crippen LogP contribution < -0.4 is 5.32 Å². The molecule has 1 N–H and O–H groups in total. The van der Waals surface area contributed by atoms with Crippen molar-refractivity contribution in [2.75, 3.05) is 6.54 Å². The molecule has 1 aromatic rings. The molecule has 0 aromatic heterocycles. The number of rotatable bonds is 1. The largest absolute Gasteiger partial charge is 0.310 e. The third-order valence-corrected chi connectivity index (χ3v) is 3.11. The van der Waals surface area contributed by atoms with Gasteiger partial charge in [-0.15, -0.1) is 12.4 Å². The van der Waals surface area contributed by atoms with Crippen LogP contribution in [0.2, 0.25) is 0 Å². The molecule has 15 heavy (non-hydrogen) atoms. The van der Waals surface area contributed by atoms with Gasteiger partial charge in [-0.1, -0.05) is 30.2 Å². The predicted molar refractivity (Wildman–Crippen MR) is 67.8 cm³/mol. The van der Waals surface area contributed by atoms with Crippen molar-refractivity contribution in [2.45, 2.75) is 39.2 Å². The third kappa shape index (κ3) is 2.96. The molecule has 0 aliphatic carbocycles. The Bertz CT molecular complexity index is 316. The Morgan fingerprint density at radius 2 is 2.00 bits per heavy atom. The van der Waals surface area contributed by atoms with E-state index in [1.807, 2.05) is 0 Å². The second kappa shape index (κ2) is 5.53. The molecular weight excluding hydrogens is 206 g/mol. The summed E-state index contributed by atoms with van der Waals surface area (Å²) in [5.74, 6) is 0. The smallest absolute Gasteiger partial charge is 0.0322 e. The fourth-order valence-corrected chi connectivity index (χ4v) is 2.33. The van der Waals surface area contributed by atoms with Crippen LogP contribution in [-0.4, -0.2) is 6.54 Å². The summed E-state index contributed by atoms with van der Waals surface area (Å²) < 4.78 is 0. The zero-order valence-electron chi connectivity index (χ0n) is 9.55. The molecule has 0 bridgehead atoms. The Morgan fingerprint density at radius 3 is 2.60 bits per heavy atom. The summed E-state index contributed by atoms with van der Waals surface area (Å²) in [4.78, 5) is 0. The SMILES string of the molecule is Cc1ccc([C@@H]2CCCCN2)c(C)c1.Cl. The first-order chi connectivity index (χ1) is 6.77. The molecule has 84 valence electrons. The van der Waals surface area contributed by atoms with Crippen LogP contribution >= 0.6 is 12.4 Å². The number of halogens is 1. The maximum atomic E-state index is 3.60. The first-order valence-corrected chi connectivity index (χ1v) is 5.58. The van der Waals surface area contributed by atoms with Gasteiger partial charge in [-0.2, -0.15) is 0 Å². The Kier molecular flexibility index (Phi) is 4.62. The van der Waals surface area contributed by atoms with Crippen LogP contribution in [0, 0.1) is 13.8 Å². The number of aryl methyl sites for hydroxylation is 2. The van der Waals surface area contributed by atoms with Gasteiger partial charge in [0.05, 0.1) is 0 Å². The second-order valence-corrected chi connectivity index (χ2v) is 4.36. The van der Waals surface area contributed by atoms with Gasteiger partial charge < -0.3 is 5.32 Å². The molecule has 0 saturated carbocycles. The Hall–Kier alpha value is -0.530. The predicted octanol–water partition coefficient (Wildman–Crippen LogP) is 3.54. The first kappa shape index (κ1) is 12.5. The summed E-state index contributed by atoms with van der Waals surface area (Å²) in [5.41, 5.74) is 4.29. The number of hydrogen-bond donors (Lipinski definition) is 1. The minimum absolute atomic E-state index is 0. The molecule has 1 nitrogen and oxygen atoms in total. The molecule has 1 atom stereocenters. The van der Waals surface area contributed by atoms with Crippen LogP contribution in [0.25, 0.3) is 0 Å². The monoisotopic (exact) mass is 225 g/mol. The standard InChI is InChI=1S/C13H19N.ClH/c1-10-6-7-12(11(2)9-10)13-5-3-4-8-14-13;/h6-7,9,13-14H,3-5,8H2,1-2H3;1H/t13-;/m0./s1. The zero-order valence-corrected chi connectivity index (χ0v) is 10.4. The van der Waals surface area contributed by atoms with Crippen LogP contribution in [0.4, 0.5) is 0 Å². The molecule has 1 aliphatic rings. The molecule has 0 unspecified atom stereocenters. The normalized spacial score (nSPS) is 20.8. The quantitative estimate of drug-likeness (QED) is 0.771. The van der Waals surface area contributed by atoms with E-state index in [1.54, 1.807) is 0 Å². The highest BCUT2D eigenvalue weighted by Crippen LogP contribution is 2.25. The number of piperidine rings is 1. The highest BCUT2D eigenvalue weighted by atomic mass is 35.5. The van der Waals surface area contributed by atoms with Crippen molar-refractivity contribution in [3.63, 3.8) is 0 Å². The topological polar surface area (TPSA) is 12.0 Å². The molecule has 1 aliphatic heterocycles. The lowest BCUT2D eigenvalue weighted by atomic mass is 9.93. The molecule has 2 rings (SSSR count). The average Bonchev–Trinajstić information content (AvgIpc) is 2.19. The summed E-state index contributed by atoms with van der Waals surface area (Å²) in [5, 5.41) is 3.60. The second-order valence-electron chi connectivity index (χ2n) is 4.36. The summed E-state index contributed by atoms with van der Waals surface area (Å²) in [6.45, 7) is 5.56. The first-order valence-electron chi connectivity index (χ1n) is 5.58. The summed E-state index contributed by atoms with van der Waals surface area (Å²) in [6, 6.07) is 7.39. The van der Waals surface area contributed by atoms with E-state index >= 15 is 0 Å². The maximum absolute atomic E-state index is 3.60. The van der Waals surface area contributed by atoms with E-state index in [1.165, 1.54) is 42.5 Å². The van der Waals surface area contributed by atoms with Crippen LogP contribution in [0.1, 0.15) is 42.0 Å². The van der Waals surface area contributed by atoms with E-state index in [0.29, 0.717) is 6.04 Å². The molecule has 2 heteroatoms. The number of hydrogen-bond acceptors (Lipinski definition) is 1. The van der Waals surface area contributed by atoms with Crippen LogP contribution in [0.15, 0.2) is 18.2 Å². The van der Waals surface area contributed by atoms with Crippen LogP contribution in [0.5, 0.6) is 0 Å². The van der Waals surface area contributed by atoms with Crippen LogP contribution in [0.3, 0.4) is 0 Å².